The Hall–Kier alpha value is -7.52. The number of anilines is 6. The second-order valence-corrected chi connectivity index (χ2v) is 13.4. The van der Waals surface area contributed by atoms with Crippen molar-refractivity contribution in [2.75, 3.05) is 31.1 Å². The Kier molecular flexibility index (Phi) is 10.0. The minimum atomic E-state index is -0.598. The van der Waals surface area contributed by atoms with Crippen molar-refractivity contribution in [2.45, 2.75) is 6.92 Å². The van der Waals surface area contributed by atoms with E-state index >= 15 is 0 Å². The van der Waals surface area contributed by atoms with Crippen LogP contribution >= 0.6 is 0 Å². The fraction of sp³-hybridized carbons (Fsp3) is 0.0833. The van der Waals surface area contributed by atoms with Crippen molar-refractivity contribution in [3.05, 3.63) is 184 Å². The second kappa shape index (κ2) is 15.7. The molecule has 9 heteroatoms. The summed E-state index contributed by atoms with van der Waals surface area (Å²) in [4.78, 5) is 34.4. The quantitative estimate of drug-likeness (QED) is 0.139. The first-order valence-electron chi connectivity index (χ1n) is 18.3. The van der Waals surface area contributed by atoms with Gasteiger partial charge >= 0.3 is 5.63 Å². The summed E-state index contributed by atoms with van der Waals surface area (Å²) in [7, 11) is 4.92. The van der Waals surface area contributed by atoms with E-state index in [9.17, 15) is 9.59 Å². The van der Waals surface area contributed by atoms with E-state index in [0.717, 1.165) is 62.5 Å². The molecule has 2 heterocycles. The van der Waals surface area contributed by atoms with Gasteiger partial charge in [0.25, 0.3) is 5.56 Å². The highest BCUT2D eigenvalue weighted by Gasteiger charge is 2.17. The maximum absolute atomic E-state index is 13.6. The lowest BCUT2D eigenvalue weighted by Gasteiger charge is -2.26. The second-order valence-electron chi connectivity index (χ2n) is 13.4. The lowest BCUT2D eigenvalue weighted by atomic mass is 10.1. The first-order chi connectivity index (χ1) is 27.8. The van der Waals surface area contributed by atoms with Crippen molar-refractivity contribution >= 4 is 44.9 Å². The zero-order valence-corrected chi connectivity index (χ0v) is 31.9. The van der Waals surface area contributed by atoms with E-state index in [1.54, 1.807) is 33.5 Å². The highest BCUT2D eigenvalue weighted by Crippen LogP contribution is 2.38. The molecule has 8 aromatic rings. The molecule has 0 saturated heterocycles. The molecule has 0 atom stereocenters. The molecule has 282 valence electrons. The van der Waals surface area contributed by atoms with Crippen molar-refractivity contribution < 1.29 is 18.6 Å². The van der Waals surface area contributed by atoms with Gasteiger partial charge in [0.05, 0.1) is 32.1 Å². The van der Waals surface area contributed by atoms with Gasteiger partial charge in [-0.25, -0.2) is 4.79 Å². The van der Waals surface area contributed by atoms with Gasteiger partial charge in [-0.3, -0.25) is 4.79 Å². The number of nitrogens with one attached hydrogen (secondary N) is 1. The number of aromatic amines is 1. The predicted molar refractivity (Wildman–Crippen MR) is 228 cm³/mol. The van der Waals surface area contributed by atoms with Crippen LogP contribution in [0.1, 0.15) is 5.56 Å². The molecule has 9 nitrogen and oxygen atoms in total. The number of rotatable bonds is 11. The average Bonchev–Trinajstić information content (AvgIpc) is 3.26. The summed E-state index contributed by atoms with van der Waals surface area (Å²) in [5.41, 5.74) is 7.66. The van der Waals surface area contributed by atoms with Crippen molar-refractivity contribution in [3.8, 4) is 39.8 Å². The van der Waals surface area contributed by atoms with Gasteiger partial charge < -0.3 is 33.4 Å². The number of ether oxygens (including phenoxy) is 3. The maximum Gasteiger partial charge on any atom is 0.344 e. The summed E-state index contributed by atoms with van der Waals surface area (Å²) in [5, 5.41) is 0.441. The molecule has 8 rings (SSSR count). The Labute approximate surface area is 329 Å². The highest BCUT2D eigenvalue weighted by atomic mass is 16.5. The molecule has 0 aliphatic rings. The third-order valence-electron chi connectivity index (χ3n) is 9.90. The molecule has 0 bridgehead atoms. The normalized spacial score (nSPS) is 10.9. The minimum Gasteiger partial charge on any atom is -0.497 e. The van der Waals surface area contributed by atoms with Crippen molar-refractivity contribution in [1.29, 1.82) is 0 Å². The van der Waals surface area contributed by atoms with Crippen LogP contribution in [0.5, 0.6) is 17.2 Å². The van der Waals surface area contributed by atoms with E-state index in [-0.39, 0.29) is 22.1 Å². The molecule has 0 amide bonds. The van der Waals surface area contributed by atoms with Gasteiger partial charge in [0.15, 0.2) is 0 Å². The fourth-order valence-corrected chi connectivity index (χ4v) is 6.84. The number of hydrogen-bond acceptors (Lipinski definition) is 8. The van der Waals surface area contributed by atoms with Gasteiger partial charge in [-0.1, -0.05) is 29.8 Å². The average molecular weight is 754 g/mol. The third-order valence-corrected chi connectivity index (χ3v) is 9.90. The molecule has 1 N–H and O–H groups in total. The largest absolute Gasteiger partial charge is 0.497 e. The summed E-state index contributed by atoms with van der Waals surface area (Å²) in [6.45, 7) is 2.06. The fourth-order valence-electron chi connectivity index (χ4n) is 6.84. The van der Waals surface area contributed by atoms with Gasteiger partial charge in [-0.15, -0.1) is 0 Å². The van der Waals surface area contributed by atoms with Gasteiger partial charge in [0.2, 0.25) is 0 Å². The first-order valence-corrected chi connectivity index (χ1v) is 18.3. The molecule has 0 spiro atoms. The lowest BCUT2D eigenvalue weighted by molar-refractivity contribution is 0.414. The van der Waals surface area contributed by atoms with Crippen molar-refractivity contribution in [2.24, 2.45) is 0 Å². The van der Waals surface area contributed by atoms with E-state index < -0.39 is 5.63 Å². The Balaban J connectivity index is 1.10. The SMILES string of the molecule is COc1ccc(N(c2ccc(C)cc2)c2ccc(-c3cc4c(=O)oc(-c5ccc(N(c6ccc(OC)cc6)c6ccc(OC)cc6)cc5)cc4c(=O)[nH]3)cc2)cc1. The number of H-pyrrole nitrogens is 1. The zero-order chi connectivity index (χ0) is 39.5. The molecule has 0 aliphatic carbocycles. The Morgan fingerprint density at radius 2 is 0.825 bits per heavy atom. The number of hydrogen-bond donors (Lipinski definition) is 1. The monoisotopic (exact) mass is 753 g/mol. The topological polar surface area (TPSA) is 97.2 Å². The molecule has 6 aromatic carbocycles. The molecule has 0 saturated carbocycles. The number of aryl methyl sites for hydroxylation is 1. The van der Waals surface area contributed by atoms with Crippen LogP contribution in [0.3, 0.4) is 0 Å². The maximum atomic E-state index is 13.6. The molecule has 2 aromatic heterocycles. The smallest absolute Gasteiger partial charge is 0.344 e. The summed E-state index contributed by atoms with van der Waals surface area (Å²) in [6, 6.07) is 50.5. The van der Waals surface area contributed by atoms with E-state index in [2.05, 4.69) is 46.0 Å². The van der Waals surface area contributed by atoms with Crippen LogP contribution in [0.15, 0.2) is 172 Å². The zero-order valence-electron chi connectivity index (χ0n) is 31.9. The van der Waals surface area contributed by atoms with Gasteiger partial charge in [0, 0.05) is 45.4 Å². The number of methoxy groups -OCH3 is 3. The van der Waals surface area contributed by atoms with E-state index in [1.165, 1.54) is 0 Å². The molecule has 0 unspecified atom stereocenters. The minimum absolute atomic E-state index is 0.197. The number of benzene rings is 6. The standard InChI is InChI=1S/C48H39N3O6/c1-31-5-11-34(12-6-31)50(37-17-23-40(54-2)24-18-37)35-13-7-32(8-14-35)45-29-44-43(47(52)49-45)30-46(57-48(44)53)33-9-15-36(16-10-33)51(38-19-25-41(55-3)26-20-38)39-21-27-42(56-4)28-22-39/h5-30H,1-4H3,(H,49,52). The molecule has 0 aliphatic heterocycles. The van der Waals surface area contributed by atoms with E-state index in [1.807, 2.05) is 121 Å². The van der Waals surface area contributed by atoms with E-state index in [0.29, 0.717) is 11.3 Å². The molecular weight excluding hydrogens is 715 g/mol. The van der Waals surface area contributed by atoms with Crippen molar-refractivity contribution in [1.82, 2.24) is 4.98 Å². The Morgan fingerprint density at radius 1 is 0.456 bits per heavy atom. The first kappa shape index (κ1) is 36.5. The summed E-state index contributed by atoms with van der Waals surface area (Å²) in [5.74, 6) is 2.56. The van der Waals surface area contributed by atoms with Crippen LogP contribution in [0.2, 0.25) is 0 Å². The van der Waals surface area contributed by atoms with Crippen LogP contribution in [0.4, 0.5) is 34.1 Å². The van der Waals surface area contributed by atoms with Gasteiger partial charge in [-0.05, 0) is 146 Å². The highest BCUT2D eigenvalue weighted by molar-refractivity contribution is 5.87. The number of aromatic nitrogens is 1. The van der Waals surface area contributed by atoms with Crippen LogP contribution in [0, 0.1) is 6.92 Å². The Bertz CT molecular complexity index is 2710. The predicted octanol–water partition coefficient (Wildman–Crippen LogP) is 11.1. The molecule has 0 radical (unpaired) electrons. The summed E-state index contributed by atoms with van der Waals surface area (Å²) in [6.07, 6.45) is 0. The number of fused-ring (bicyclic) bond motifs is 1. The van der Waals surface area contributed by atoms with Crippen LogP contribution < -0.4 is 35.2 Å². The van der Waals surface area contributed by atoms with Gasteiger partial charge in [-0.2, -0.15) is 0 Å². The molecule has 57 heavy (non-hydrogen) atoms. The number of nitrogens with zero attached hydrogens (tertiary/aromatic N) is 2. The van der Waals surface area contributed by atoms with E-state index in [4.69, 9.17) is 18.6 Å². The molecule has 0 fully saturated rings. The van der Waals surface area contributed by atoms with Crippen LogP contribution in [-0.2, 0) is 0 Å². The number of pyridine rings is 1. The lowest BCUT2D eigenvalue weighted by Crippen LogP contribution is -2.13. The summed E-state index contributed by atoms with van der Waals surface area (Å²) >= 11 is 0. The van der Waals surface area contributed by atoms with Crippen LogP contribution in [-0.4, -0.2) is 26.3 Å². The summed E-state index contributed by atoms with van der Waals surface area (Å²) < 4.78 is 22.0. The third kappa shape index (κ3) is 7.46. The van der Waals surface area contributed by atoms with Crippen LogP contribution in [0.25, 0.3) is 33.4 Å². The van der Waals surface area contributed by atoms with Gasteiger partial charge in [0.1, 0.15) is 23.0 Å². The molecular formula is C48H39N3O6. The Morgan fingerprint density at radius 3 is 1.23 bits per heavy atom. The van der Waals surface area contributed by atoms with Crippen molar-refractivity contribution in [3.63, 3.8) is 0 Å².